The van der Waals surface area contributed by atoms with Crippen molar-refractivity contribution in [2.45, 2.75) is 19.4 Å². The van der Waals surface area contributed by atoms with E-state index in [2.05, 4.69) is 10.4 Å². The van der Waals surface area contributed by atoms with Crippen molar-refractivity contribution in [1.82, 2.24) is 15.1 Å². The van der Waals surface area contributed by atoms with Gasteiger partial charge < -0.3 is 14.8 Å². The zero-order valence-corrected chi connectivity index (χ0v) is 12.7. The van der Waals surface area contributed by atoms with Crippen molar-refractivity contribution in [3.63, 3.8) is 0 Å². The standard InChI is InChI=1S/C13H12ClF4N3O3/c14-8-9(11(15)16)20-21(10(8)12(17)18)5-6-1-2-7(24-6)13(23)19-3-4-22/h1-2,11-12,22H,3-5H2,(H,19,23). The number of aliphatic hydroxyl groups excluding tert-OH is 1. The number of alkyl halides is 4. The molecule has 0 bridgehead atoms. The number of hydrogen-bond donors (Lipinski definition) is 2. The maximum Gasteiger partial charge on any atom is 0.287 e. The minimum Gasteiger partial charge on any atom is -0.454 e. The molecule has 0 unspecified atom stereocenters. The number of carbonyl (C=O) groups excluding carboxylic acids is 1. The monoisotopic (exact) mass is 369 g/mol. The Kier molecular flexibility index (Phi) is 5.84. The molecule has 0 saturated heterocycles. The van der Waals surface area contributed by atoms with E-state index in [0.717, 1.165) is 0 Å². The maximum absolute atomic E-state index is 13.0. The minimum absolute atomic E-state index is 0.0108. The van der Waals surface area contributed by atoms with Crippen molar-refractivity contribution >= 4 is 17.5 Å². The third kappa shape index (κ3) is 3.88. The third-order valence-electron chi connectivity index (χ3n) is 2.96. The number of halogens is 5. The van der Waals surface area contributed by atoms with Crippen LogP contribution in [0.2, 0.25) is 5.02 Å². The fourth-order valence-corrected chi connectivity index (χ4v) is 2.23. The smallest absolute Gasteiger partial charge is 0.287 e. The number of amides is 1. The minimum atomic E-state index is -3.11. The molecule has 0 aromatic carbocycles. The van der Waals surface area contributed by atoms with Gasteiger partial charge in [-0.15, -0.1) is 0 Å². The number of carbonyl (C=O) groups is 1. The van der Waals surface area contributed by atoms with Gasteiger partial charge in [-0.25, -0.2) is 17.6 Å². The topological polar surface area (TPSA) is 80.3 Å². The molecule has 6 nitrogen and oxygen atoms in total. The lowest BCUT2D eigenvalue weighted by Gasteiger charge is -2.05. The second kappa shape index (κ2) is 7.67. The largest absolute Gasteiger partial charge is 0.454 e. The fourth-order valence-electron chi connectivity index (χ4n) is 1.93. The summed E-state index contributed by atoms with van der Waals surface area (Å²) in [5, 5.41) is 13.5. The van der Waals surface area contributed by atoms with Crippen LogP contribution < -0.4 is 5.32 Å². The number of aromatic nitrogens is 2. The van der Waals surface area contributed by atoms with Gasteiger partial charge in [0.15, 0.2) is 5.76 Å². The van der Waals surface area contributed by atoms with Gasteiger partial charge in [0, 0.05) is 6.54 Å². The molecule has 0 radical (unpaired) electrons. The molecule has 24 heavy (non-hydrogen) atoms. The summed E-state index contributed by atoms with van der Waals surface area (Å²) < 4.78 is 57.3. The Labute approximate surface area is 138 Å². The van der Waals surface area contributed by atoms with Crippen molar-refractivity contribution in [3.05, 3.63) is 40.1 Å². The van der Waals surface area contributed by atoms with Gasteiger partial charge in [0.1, 0.15) is 17.1 Å². The number of aliphatic hydroxyl groups is 1. The molecule has 0 fully saturated rings. The van der Waals surface area contributed by atoms with Gasteiger partial charge in [0.25, 0.3) is 18.8 Å². The van der Waals surface area contributed by atoms with E-state index in [1.165, 1.54) is 12.1 Å². The van der Waals surface area contributed by atoms with Crippen LogP contribution in [0.3, 0.4) is 0 Å². The van der Waals surface area contributed by atoms with E-state index < -0.39 is 41.7 Å². The molecule has 2 aromatic heterocycles. The summed E-state index contributed by atoms with van der Waals surface area (Å²) in [6.45, 7) is -0.657. The third-order valence-corrected chi connectivity index (χ3v) is 3.35. The zero-order chi connectivity index (χ0) is 17.9. The highest BCUT2D eigenvalue weighted by Gasteiger charge is 2.28. The molecule has 0 aliphatic carbocycles. The first-order valence-electron chi connectivity index (χ1n) is 6.65. The summed E-state index contributed by atoms with van der Waals surface area (Å²) in [7, 11) is 0. The molecular formula is C13H12ClF4N3O3. The molecule has 132 valence electrons. The van der Waals surface area contributed by atoms with Gasteiger partial charge in [-0.05, 0) is 12.1 Å². The van der Waals surface area contributed by atoms with E-state index in [9.17, 15) is 22.4 Å². The summed E-state index contributed by atoms with van der Waals surface area (Å²) in [4.78, 5) is 11.6. The second-order valence-electron chi connectivity index (χ2n) is 4.59. The van der Waals surface area contributed by atoms with E-state index in [0.29, 0.717) is 4.68 Å². The van der Waals surface area contributed by atoms with Crippen molar-refractivity contribution in [2.24, 2.45) is 0 Å². The Morgan fingerprint density at radius 3 is 2.62 bits per heavy atom. The van der Waals surface area contributed by atoms with Crippen LogP contribution in [-0.2, 0) is 6.54 Å². The van der Waals surface area contributed by atoms with Crippen molar-refractivity contribution < 1.29 is 31.9 Å². The summed E-state index contributed by atoms with van der Waals surface area (Å²) in [6, 6.07) is 2.60. The second-order valence-corrected chi connectivity index (χ2v) is 4.97. The summed E-state index contributed by atoms with van der Waals surface area (Å²) in [5.41, 5.74) is -1.80. The van der Waals surface area contributed by atoms with Crippen LogP contribution in [0, 0.1) is 0 Å². The number of nitrogens with one attached hydrogen (secondary N) is 1. The summed E-state index contributed by atoms with van der Waals surface area (Å²) in [5.74, 6) is -0.688. The molecule has 2 heterocycles. The van der Waals surface area contributed by atoms with E-state index in [-0.39, 0.29) is 24.7 Å². The van der Waals surface area contributed by atoms with Crippen LogP contribution >= 0.6 is 11.6 Å². The highest BCUT2D eigenvalue weighted by atomic mass is 35.5. The fraction of sp³-hybridized carbons (Fsp3) is 0.385. The molecule has 11 heteroatoms. The van der Waals surface area contributed by atoms with E-state index in [1.54, 1.807) is 0 Å². The van der Waals surface area contributed by atoms with Crippen molar-refractivity contribution in [3.8, 4) is 0 Å². The van der Waals surface area contributed by atoms with Gasteiger partial charge in [-0.3, -0.25) is 9.48 Å². The van der Waals surface area contributed by atoms with Gasteiger partial charge in [0.05, 0.1) is 18.2 Å². The lowest BCUT2D eigenvalue weighted by Crippen LogP contribution is -2.25. The predicted molar refractivity (Wildman–Crippen MR) is 74.4 cm³/mol. The highest BCUT2D eigenvalue weighted by Crippen LogP contribution is 2.34. The molecule has 0 aliphatic heterocycles. The summed E-state index contributed by atoms with van der Waals surface area (Å²) >= 11 is 5.54. The molecule has 2 rings (SSSR count). The maximum atomic E-state index is 13.0. The Morgan fingerprint density at radius 1 is 1.33 bits per heavy atom. The predicted octanol–water partition coefficient (Wildman–Crippen LogP) is 2.78. The van der Waals surface area contributed by atoms with Crippen LogP contribution in [0.5, 0.6) is 0 Å². The Morgan fingerprint density at radius 2 is 2.04 bits per heavy atom. The van der Waals surface area contributed by atoms with E-state index in [4.69, 9.17) is 21.1 Å². The van der Waals surface area contributed by atoms with Gasteiger partial charge in [0.2, 0.25) is 0 Å². The van der Waals surface area contributed by atoms with E-state index >= 15 is 0 Å². The molecular weight excluding hydrogens is 358 g/mol. The Bertz CT molecular complexity index is 717. The number of rotatable bonds is 7. The number of furan rings is 1. The lowest BCUT2D eigenvalue weighted by molar-refractivity contribution is 0.0914. The van der Waals surface area contributed by atoms with Crippen LogP contribution in [0.15, 0.2) is 16.5 Å². The Balaban J connectivity index is 2.24. The first-order valence-corrected chi connectivity index (χ1v) is 7.03. The Hall–Kier alpha value is -2.07. The van der Waals surface area contributed by atoms with Crippen molar-refractivity contribution in [2.75, 3.05) is 13.2 Å². The zero-order valence-electron chi connectivity index (χ0n) is 12.0. The quantitative estimate of drug-likeness (QED) is 0.735. The number of hydrogen-bond acceptors (Lipinski definition) is 4. The summed E-state index contributed by atoms with van der Waals surface area (Å²) in [6.07, 6.45) is -6.22. The van der Waals surface area contributed by atoms with E-state index in [1.807, 2.05) is 0 Å². The average molecular weight is 370 g/mol. The average Bonchev–Trinajstić information content (AvgIpc) is 3.10. The van der Waals surface area contributed by atoms with Gasteiger partial charge in [-0.1, -0.05) is 11.6 Å². The molecule has 0 aliphatic rings. The molecule has 0 saturated carbocycles. The van der Waals surface area contributed by atoms with Crippen LogP contribution in [0.1, 0.15) is 40.6 Å². The van der Waals surface area contributed by atoms with Crippen molar-refractivity contribution in [1.29, 1.82) is 0 Å². The highest BCUT2D eigenvalue weighted by molar-refractivity contribution is 6.32. The van der Waals surface area contributed by atoms with Gasteiger partial charge >= 0.3 is 0 Å². The first-order chi connectivity index (χ1) is 11.3. The molecule has 1 amide bonds. The first kappa shape index (κ1) is 18.3. The van der Waals surface area contributed by atoms with Crippen LogP contribution in [-0.4, -0.2) is 33.9 Å². The molecule has 2 N–H and O–H groups in total. The number of nitrogens with zero attached hydrogens (tertiary/aromatic N) is 2. The van der Waals surface area contributed by atoms with Crippen LogP contribution in [0.4, 0.5) is 17.6 Å². The van der Waals surface area contributed by atoms with Crippen LogP contribution in [0.25, 0.3) is 0 Å². The normalized spacial score (nSPS) is 11.5. The lowest BCUT2D eigenvalue weighted by atomic mass is 10.3. The SMILES string of the molecule is O=C(NCCO)c1ccc(Cn2nc(C(F)F)c(Cl)c2C(F)F)o1. The molecule has 0 spiro atoms. The molecule has 2 aromatic rings. The molecule has 0 atom stereocenters. The van der Waals surface area contributed by atoms with Gasteiger partial charge in [-0.2, -0.15) is 5.10 Å².